The topological polar surface area (TPSA) is 103 Å². The van der Waals surface area contributed by atoms with E-state index in [1.54, 1.807) is 72.8 Å². The third-order valence-electron chi connectivity index (χ3n) is 3.37. The Bertz CT molecular complexity index is 886. The zero-order valence-corrected chi connectivity index (χ0v) is 13.3. The maximum absolute atomic E-state index is 12.1. The first kappa shape index (κ1) is 16.2. The van der Waals surface area contributed by atoms with Gasteiger partial charge in [-0.3, -0.25) is 0 Å². The van der Waals surface area contributed by atoms with E-state index in [4.69, 9.17) is 16.2 Å². The molecule has 6 nitrogen and oxygen atoms in total. The number of anilines is 2. The average Bonchev–Trinajstić information content (AvgIpc) is 2.63. The summed E-state index contributed by atoms with van der Waals surface area (Å²) >= 11 is 0. The molecule has 0 aliphatic carbocycles. The van der Waals surface area contributed by atoms with Gasteiger partial charge in [0.1, 0.15) is 5.75 Å². The SMILES string of the molecule is Nc1ccc(N=Nc2ccc(C(=O)Oc3ccc(N)cc3)cc2)cc1. The Morgan fingerprint density at radius 1 is 0.680 bits per heavy atom. The van der Waals surface area contributed by atoms with Crippen molar-refractivity contribution in [1.82, 2.24) is 0 Å². The second-order valence-corrected chi connectivity index (χ2v) is 5.30. The van der Waals surface area contributed by atoms with Crippen molar-refractivity contribution in [2.75, 3.05) is 11.5 Å². The number of benzene rings is 3. The van der Waals surface area contributed by atoms with Crippen molar-refractivity contribution in [2.45, 2.75) is 0 Å². The predicted octanol–water partition coefficient (Wildman–Crippen LogP) is 4.49. The number of azo groups is 1. The molecule has 25 heavy (non-hydrogen) atoms. The number of nitrogen functional groups attached to an aromatic ring is 2. The molecule has 0 atom stereocenters. The highest BCUT2D eigenvalue weighted by Gasteiger charge is 2.08. The van der Waals surface area contributed by atoms with Gasteiger partial charge in [-0.1, -0.05) is 0 Å². The van der Waals surface area contributed by atoms with Crippen molar-refractivity contribution >= 4 is 28.7 Å². The van der Waals surface area contributed by atoms with E-state index in [9.17, 15) is 4.79 Å². The van der Waals surface area contributed by atoms with E-state index in [0.717, 1.165) is 0 Å². The van der Waals surface area contributed by atoms with Crippen LogP contribution in [0.15, 0.2) is 83.0 Å². The molecular formula is C19H16N4O2. The number of ether oxygens (including phenoxy) is 1. The van der Waals surface area contributed by atoms with E-state index in [-0.39, 0.29) is 0 Å². The van der Waals surface area contributed by atoms with Crippen molar-refractivity contribution in [3.63, 3.8) is 0 Å². The fourth-order valence-corrected chi connectivity index (χ4v) is 2.02. The fraction of sp³-hybridized carbons (Fsp3) is 0. The highest BCUT2D eigenvalue weighted by molar-refractivity contribution is 5.91. The van der Waals surface area contributed by atoms with E-state index < -0.39 is 5.97 Å². The minimum atomic E-state index is -0.452. The summed E-state index contributed by atoms with van der Waals surface area (Å²) in [5, 5.41) is 8.23. The van der Waals surface area contributed by atoms with Crippen molar-refractivity contribution in [2.24, 2.45) is 10.2 Å². The standard InChI is InChI=1S/C19H16N4O2/c20-14-3-9-17(10-4-14)23-22-16-7-1-13(2-8-16)19(24)25-18-11-5-15(21)6-12-18/h1-12H,20-21H2. The van der Waals surface area contributed by atoms with Crippen LogP contribution in [0, 0.1) is 0 Å². The zero-order valence-electron chi connectivity index (χ0n) is 13.3. The first-order valence-electron chi connectivity index (χ1n) is 7.55. The smallest absolute Gasteiger partial charge is 0.343 e. The van der Waals surface area contributed by atoms with Gasteiger partial charge in [-0.05, 0) is 72.8 Å². The lowest BCUT2D eigenvalue weighted by Crippen LogP contribution is -2.08. The molecule has 0 radical (unpaired) electrons. The molecule has 0 amide bonds. The molecule has 0 spiro atoms. The third-order valence-corrected chi connectivity index (χ3v) is 3.37. The molecule has 0 bridgehead atoms. The molecule has 3 aromatic carbocycles. The summed E-state index contributed by atoms with van der Waals surface area (Å²) in [5.74, 6) is -0.0156. The molecule has 0 saturated heterocycles. The fourth-order valence-electron chi connectivity index (χ4n) is 2.02. The lowest BCUT2D eigenvalue weighted by molar-refractivity contribution is 0.0735. The number of rotatable bonds is 4. The van der Waals surface area contributed by atoms with E-state index >= 15 is 0 Å². The lowest BCUT2D eigenvalue weighted by Gasteiger charge is -2.04. The van der Waals surface area contributed by atoms with Gasteiger partial charge >= 0.3 is 5.97 Å². The summed E-state index contributed by atoms with van der Waals surface area (Å²) in [6.45, 7) is 0. The van der Waals surface area contributed by atoms with Gasteiger partial charge in [0, 0.05) is 11.4 Å². The quantitative estimate of drug-likeness (QED) is 0.318. The zero-order chi connectivity index (χ0) is 17.6. The number of hydrogen-bond acceptors (Lipinski definition) is 6. The molecule has 6 heteroatoms. The van der Waals surface area contributed by atoms with E-state index in [1.165, 1.54) is 0 Å². The number of nitrogens with zero attached hydrogens (tertiary/aromatic N) is 2. The van der Waals surface area contributed by atoms with Crippen LogP contribution in [0.2, 0.25) is 0 Å². The van der Waals surface area contributed by atoms with Gasteiger partial charge in [0.2, 0.25) is 0 Å². The maximum atomic E-state index is 12.1. The monoisotopic (exact) mass is 332 g/mol. The van der Waals surface area contributed by atoms with Crippen LogP contribution in [0.4, 0.5) is 22.7 Å². The van der Waals surface area contributed by atoms with Gasteiger partial charge < -0.3 is 16.2 Å². The Labute approximate surface area is 144 Å². The van der Waals surface area contributed by atoms with E-state index in [2.05, 4.69) is 10.2 Å². The van der Waals surface area contributed by atoms with Crippen LogP contribution >= 0.6 is 0 Å². The first-order chi connectivity index (χ1) is 12.1. The van der Waals surface area contributed by atoms with Crippen molar-refractivity contribution < 1.29 is 9.53 Å². The van der Waals surface area contributed by atoms with Crippen molar-refractivity contribution in [3.8, 4) is 5.75 Å². The molecule has 0 fully saturated rings. The molecule has 4 N–H and O–H groups in total. The lowest BCUT2D eigenvalue weighted by atomic mass is 10.2. The summed E-state index contributed by atoms with van der Waals surface area (Å²) in [5.41, 5.74) is 14.2. The van der Waals surface area contributed by atoms with Crippen LogP contribution in [0.5, 0.6) is 5.75 Å². The van der Waals surface area contributed by atoms with Gasteiger partial charge in [-0.15, -0.1) is 0 Å². The number of hydrogen-bond donors (Lipinski definition) is 2. The Morgan fingerprint density at radius 2 is 1.12 bits per heavy atom. The normalized spacial score (nSPS) is 10.7. The summed E-state index contributed by atoms with van der Waals surface area (Å²) in [4.78, 5) is 12.1. The summed E-state index contributed by atoms with van der Waals surface area (Å²) < 4.78 is 5.28. The van der Waals surface area contributed by atoms with Crippen LogP contribution in [-0.4, -0.2) is 5.97 Å². The molecule has 0 saturated carbocycles. The van der Waals surface area contributed by atoms with E-state index in [0.29, 0.717) is 34.1 Å². The molecule has 3 rings (SSSR count). The van der Waals surface area contributed by atoms with Gasteiger partial charge in [0.05, 0.1) is 16.9 Å². The van der Waals surface area contributed by atoms with Gasteiger partial charge in [0.15, 0.2) is 0 Å². The Hall–Kier alpha value is -3.67. The number of nitrogens with two attached hydrogens (primary N) is 2. The minimum Gasteiger partial charge on any atom is -0.423 e. The highest BCUT2D eigenvalue weighted by atomic mass is 16.5. The molecule has 0 aliphatic heterocycles. The summed E-state index contributed by atoms with van der Waals surface area (Å²) in [6, 6.07) is 20.3. The maximum Gasteiger partial charge on any atom is 0.343 e. The second kappa shape index (κ2) is 7.27. The summed E-state index contributed by atoms with van der Waals surface area (Å²) in [6.07, 6.45) is 0. The number of carbonyl (C=O) groups is 1. The van der Waals surface area contributed by atoms with Gasteiger partial charge in [-0.25, -0.2) is 4.79 Å². The van der Waals surface area contributed by atoms with Crippen LogP contribution in [-0.2, 0) is 0 Å². The number of carbonyl (C=O) groups excluding carboxylic acids is 1. The Balaban J connectivity index is 1.66. The molecule has 124 valence electrons. The first-order valence-corrected chi connectivity index (χ1v) is 7.55. The molecular weight excluding hydrogens is 316 g/mol. The molecule has 0 unspecified atom stereocenters. The minimum absolute atomic E-state index is 0.420. The van der Waals surface area contributed by atoms with E-state index in [1.807, 2.05) is 0 Å². The predicted molar refractivity (Wildman–Crippen MR) is 97.3 cm³/mol. The molecule has 0 aromatic heterocycles. The van der Waals surface area contributed by atoms with Gasteiger partial charge in [-0.2, -0.15) is 10.2 Å². The second-order valence-electron chi connectivity index (χ2n) is 5.30. The average molecular weight is 332 g/mol. The summed E-state index contributed by atoms with van der Waals surface area (Å²) in [7, 11) is 0. The van der Waals surface area contributed by atoms with Crippen LogP contribution in [0.1, 0.15) is 10.4 Å². The molecule has 0 aliphatic rings. The van der Waals surface area contributed by atoms with Crippen LogP contribution in [0.3, 0.4) is 0 Å². The number of esters is 1. The highest BCUT2D eigenvalue weighted by Crippen LogP contribution is 2.20. The molecule has 0 heterocycles. The largest absolute Gasteiger partial charge is 0.423 e. The van der Waals surface area contributed by atoms with Crippen LogP contribution < -0.4 is 16.2 Å². The molecule has 3 aromatic rings. The van der Waals surface area contributed by atoms with Crippen molar-refractivity contribution in [3.05, 3.63) is 78.4 Å². The Morgan fingerprint density at radius 3 is 1.64 bits per heavy atom. The van der Waals surface area contributed by atoms with Crippen molar-refractivity contribution in [1.29, 1.82) is 0 Å². The van der Waals surface area contributed by atoms with Gasteiger partial charge in [0.25, 0.3) is 0 Å². The third kappa shape index (κ3) is 4.42. The Kier molecular flexibility index (Phi) is 4.71. The van der Waals surface area contributed by atoms with Crippen LogP contribution in [0.25, 0.3) is 0 Å².